The smallest absolute Gasteiger partial charge is 0.263 e. The molecule has 0 spiro atoms. The molecule has 1 atom stereocenters. The van der Waals surface area contributed by atoms with Gasteiger partial charge in [-0.1, -0.05) is 12.1 Å². The zero-order chi connectivity index (χ0) is 18.5. The van der Waals surface area contributed by atoms with E-state index in [0.717, 1.165) is 12.8 Å². The third-order valence-electron chi connectivity index (χ3n) is 4.82. The number of nitriles is 1. The molecule has 1 saturated heterocycles. The first-order valence-corrected chi connectivity index (χ1v) is 8.81. The number of benzene rings is 2. The van der Waals surface area contributed by atoms with Gasteiger partial charge < -0.3 is 14.7 Å². The first kappa shape index (κ1) is 17.8. The van der Waals surface area contributed by atoms with E-state index in [9.17, 15) is 9.90 Å². The van der Waals surface area contributed by atoms with Gasteiger partial charge in [0.2, 0.25) is 0 Å². The average Bonchev–Trinajstić information content (AvgIpc) is 2.69. The Balaban J connectivity index is 1.53. The number of piperidine rings is 1. The van der Waals surface area contributed by atoms with Crippen LogP contribution in [0.4, 0.5) is 0 Å². The molecular formula is C21H22N2O3. The molecule has 3 rings (SSSR count). The van der Waals surface area contributed by atoms with Crippen molar-refractivity contribution in [3.63, 3.8) is 0 Å². The molecule has 1 N–H and O–H groups in total. The van der Waals surface area contributed by atoms with Gasteiger partial charge in [0, 0.05) is 13.1 Å². The molecule has 5 nitrogen and oxygen atoms in total. The highest BCUT2D eigenvalue weighted by molar-refractivity contribution is 5.81. The van der Waals surface area contributed by atoms with Gasteiger partial charge in [-0.3, -0.25) is 4.79 Å². The Hall–Kier alpha value is -3.00. The fourth-order valence-corrected chi connectivity index (χ4v) is 3.30. The molecule has 0 aliphatic carbocycles. The highest BCUT2D eigenvalue weighted by Crippen LogP contribution is 2.29. The second-order valence-corrected chi connectivity index (χ2v) is 6.59. The molecule has 2 aromatic rings. The summed E-state index contributed by atoms with van der Waals surface area (Å²) in [5, 5.41) is 18.2. The number of amides is 1. The van der Waals surface area contributed by atoms with Crippen molar-refractivity contribution >= 4 is 5.91 Å². The van der Waals surface area contributed by atoms with Gasteiger partial charge in [-0.2, -0.15) is 5.26 Å². The molecule has 1 heterocycles. The van der Waals surface area contributed by atoms with E-state index in [0.29, 0.717) is 30.3 Å². The quantitative estimate of drug-likeness (QED) is 0.917. The molecule has 2 aromatic carbocycles. The minimum absolute atomic E-state index is 0.0153. The summed E-state index contributed by atoms with van der Waals surface area (Å²) in [5.74, 6) is 1.26. The minimum Gasteiger partial charge on any atom is -0.508 e. The molecule has 0 radical (unpaired) electrons. The number of hydrogen-bond donors (Lipinski definition) is 1. The van der Waals surface area contributed by atoms with Gasteiger partial charge in [-0.05, 0) is 67.6 Å². The molecule has 134 valence electrons. The Labute approximate surface area is 153 Å². The van der Waals surface area contributed by atoms with E-state index < -0.39 is 6.10 Å². The lowest BCUT2D eigenvalue weighted by atomic mass is 9.89. The first-order chi connectivity index (χ1) is 12.6. The van der Waals surface area contributed by atoms with E-state index in [1.54, 1.807) is 43.3 Å². The topological polar surface area (TPSA) is 73.6 Å². The van der Waals surface area contributed by atoms with Gasteiger partial charge in [0.1, 0.15) is 11.5 Å². The number of carbonyl (C=O) groups is 1. The van der Waals surface area contributed by atoms with Crippen molar-refractivity contribution in [2.24, 2.45) is 0 Å². The lowest BCUT2D eigenvalue weighted by Crippen LogP contribution is -2.44. The highest BCUT2D eigenvalue weighted by Gasteiger charge is 2.27. The van der Waals surface area contributed by atoms with Crippen molar-refractivity contribution in [3.05, 3.63) is 59.7 Å². The average molecular weight is 350 g/mol. The largest absolute Gasteiger partial charge is 0.508 e. The van der Waals surface area contributed by atoms with Crippen LogP contribution in [0.2, 0.25) is 0 Å². The molecular weight excluding hydrogens is 328 g/mol. The zero-order valence-electron chi connectivity index (χ0n) is 14.8. The van der Waals surface area contributed by atoms with Crippen molar-refractivity contribution in [3.8, 4) is 17.6 Å². The third kappa shape index (κ3) is 4.15. The van der Waals surface area contributed by atoms with E-state index in [2.05, 4.69) is 6.07 Å². The first-order valence-electron chi connectivity index (χ1n) is 8.81. The SMILES string of the molecule is CC(Oc1ccc(C#N)cc1)C(=O)N1CCC(c2ccc(O)cc2)CC1. The number of rotatable bonds is 4. The molecule has 1 amide bonds. The van der Waals surface area contributed by atoms with Crippen molar-refractivity contribution in [1.29, 1.82) is 5.26 Å². The third-order valence-corrected chi connectivity index (χ3v) is 4.82. The monoisotopic (exact) mass is 350 g/mol. The predicted octanol–water partition coefficient (Wildman–Crippen LogP) is 3.44. The number of carbonyl (C=O) groups excluding carboxylic acids is 1. The summed E-state index contributed by atoms with van der Waals surface area (Å²) in [5.41, 5.74) is 1.77. The second-order valence-electron chi connectivity index (χ2n) is 6.59. The van der Waals surface area contributed by atoms with Crippen molar-refractivity contribution in [1.82, 2.24) is 4.90 Å². The number of phenolic OH excluding ortho intramolecular Hbond substituents is 1. The van der Waals surface area contributed by atoms with Gasteiger partial charge >= 0.3 is 0 Å². The van der Waals surface area contributed by atoms with E-state index in [1.807, 2.05) is 17.0 Å². The van der Waals surface area contributed by atoms with E-state index in [1.165, 1.54) is 5.56 Å². The van der Waals surface area contributed by atoms with E-state index >= 15 is 0 Å². The molecule has 1 aliphatic rings. The molecule has 0 aromatic heterocycles. The van der Waals surface area contributed by atoms with Crippen molar-refractivity contribution in [2.75, 3.05) is 13.1 Å². The van der Waals surface area contributed by atoms with Crippen LogP contribution < -0.4 is 4.74 Å². The minimum atomic E-state index is -0.562. The Morgan fingerprint density at radius 3 is 2.35 bits per heavy atom. The molecule has 5 heteroatoms. The second kappa shape index (κ2) is 7.92. The number of phenols is 1. The van der Waals surface area contributed by atoms with Crippen LogP contribution in [-0.2, 0) is 4.79 Å². The summed E-state index contributed by atoms with van der Waals surface area (Å²) in [6.07, 6.45) is 1.24. The Morgan fingerprint density at radius 1 is 1.15 bits per heavy atom. The van der Waals surface area contributed by atoms with Crippen LogP contribution in [0.3, 0.4) is 0 Å². The van der Waals surface area contributed by atoms with Gasteiger partial charge in [0.05, 0.1) is 11.6 Å². The van der Waals surface area contributed by atoms with Crippen LogP contribution in [0.25, 0.3) is 0 Å². The summed E-state index contributed by atoms with van der Waals surface area (Å²) in [4.78, 5) is 14.5. The lowest BCUT2D eigenvalue weighted by molar-refractivity contribution is -0.139. The van der Waals surface area contributed by atoms with Crippen LogP contribution in [0.1, 0.15) is 36.8 Å². The van der Waals surface area contributed by atoms with Gasteiger partial charge in [0.25, 0.3) is 5.91 Å². The van der Waals surface area contributed by atoms with Crippen molar-refractivity contribution in [2.45, 2.75) is 31.8 Å². The number of nitrogens with zero attached hydrogens (tertiary/aromatic N) is 2. The summed E-state index contributed by atoms with van der Waals surface area (Å²) in [6, 6.07) is 16.1. The molecule has 26 heavy (non-hydrogen) atoms. The van der Waals surface area contributed by atoms with E-state index in [-0.39, 0.29) is 11.7 Å². The van der Waals surface area contributed by atoms with Crippen LogP contribution in [0.5, 0.6) is 11.5 Å². The van der Waals surface area contributed by atoms with Crippen LogP contribution in [-0.4, -0.2) is 35.1 Å². The normalized spacial score (nSPS) is 15.9. The Bertz CT molecular complexity index is 786. The van der Waals surface area contributed by atoms with Crippen LogP contribution in [0, 0.1) is 11.3 Å². The van der Waals surface area contributed by atoms with Crippen LogP contribution >= 0.6 is 0 Å². The molecule has 1 fully saturated rings. The summed E-state index contributed by atoms with van der Waals surface area (Å²) in [6.45, 7) is 3.16. The number of likely N-dealkylation sites (tertiary alicyclic amines) is 1. The molecule has 1 aliphatic heterocycles. The number of ether oxygens (including phenoxy) is 1. The molecule has 0 bridgehead atoms. The maximum absolute atomic E-state index is 12.6. The molecule has 1 unspecified atom stereocenters. The van der Waals surface area contributed by atoms with Crippen molar-refractivity contribution < 1.29 is 14.6 Å². The fourth-order valence-electron chi connectivity index (χ4n) is 3.30. The standard InChI is InChI=1S/C21H22N2O3/c1-15(26-20-8-2-16(14-22)3-9-20)21(25)23-12-10-18(11-13-23)17-4-6-19(24)7-5-17/h2-9,15,18,24H,10-13H2,1H3. The van der Waals surface area contributed by atoms with Crippen LogP contribution in [0.15, 0.2) is 48.5 Å². The number of aromatic hydroxyl groups is 1. The van der Waals surface area contributed by atoms with Gasteiger partial charge in [-0.15, -0.1) is 0 Å². The Kier molecular flexibility index (Phi) is 5.43. The number of hydrogen-bond acceptors (Lipinski definition) is 4. The van der Waals surface area contributed by atoms with Gasteiger partial charge in [-0.25, -0.2) is 0 Å². The highest BCUT2D eigenvalue weighted by atomic mass is 16.5. The van der Waals surface area contributed by atoms with E-state index in [4.69, 9.17) is 10.00 Å². The lowest BCUT2D eigenvalue weighted by Gasteiger charge is -2.33. The summed E-state index contributed by atoms with van der Waals surface area (Å²) < 4.78 is 5.73. The predicted molar refractivity (Wildman–Crippen MR) is 97.9 cm³/mol. The summed E-state index contributed by atoms with van der Waals surface area (Å²) >= 11 is 0. The molecule has 0 saturated carbocycles. The zero-order valence-corrected chi connectivity index (χ0v) is 14.8. The Morgan fingerprint density at radius 2 is 1.77 bits per heavy atom. The van der Waals surface area contributed by atoms with Gasteiger partial charge in [0.15, 0.2) is 6.10 Å². The maximum atomic E-state index is 12.6. The fraction of sp³-hybridized carbons (Fsp3) is 0.333. The summed E-state index contributed by atoms with van der Waals surface area (Å²) in [7, 11) is 0. The maximum Gasteiger partial charge on any atom is 0.263 e.